The Morgan fingerprint density at radius 3 is 2.85 bits per heavy atom. The van der Waals surface area contributed by atoms with E-state index in [-0.39, 0.29) is 18.3 Å². The van der Waals surface area contributed by atoms with Crippen molar-refractivity contribution in [3.05, 3.63) is 29.8 Å². The molecule has 0 fully saturated rings. The molecule has 0 bridgehead atoms. The second-order valence-corrected chi connectivity index (χ2v) is 5.05. The largest absolute Gasteiger partial charge is 0.394 e. The zero-order valence-electron chi connectivity index (χ0n) is 11.0. The number of anilines is 1. The summed E-state index contributed by atoms with van der Waals surface area (Å²) in [4.78, 5) is 11.8. The highest BCUT2D eigenvalue weighted by Gasteiger charge is 2.09. The number of carbonyl (C=O) groups is 1. The first-order valence-electron chi connectivity index (χ1n) is 6.05. The third-order valence-electron chi connectivity index (χ3n) is 2.48. The van der Waals surface area contributed by atoms with Gasteiger partial charge in [0.25, 0.3) is 0 Å². The minimum Gasteiger partial charge on any atom is -0.394 e. The molecule has 0 aliphatic carbocycles. The summed E-state index contributed by atoms with van der Waals surface area (Å²) in [5.41, 5.74) is 1.90. The Balaban J connectivity index is 1.85. The lowest BCUT2D eigenvalue weighted by Crippen LogP contribution is -2.15. The number of aryl methyl sites for hydroxylation is 1. The van der Waals surface area contributed by atoms with E-state index in [0.29, 0.717) is 11.7 Å². The molecule has 0 radical (unpaired) electrons. The first kappa shape index (κ1) is 14.5. The Kier molecular flexibility index (Phi) is 5.08. The summed E-state index contributed by atoms with van der Waals surface area (Å²) in [5, 5.41) is 23.2. The van der Waals surface area contributed by atoms with E-state index in [4.69, 9.17) is 5.11 Å². The molecule has 1 aromatic heterocycles. The minimum absolute atomic E-state index is 0.0475. The molecule has 0 saturated carbocycles. The van der Waals surface area contributed by atoms with Gasteiger partial charge in [0.15, 0.2) is 0 Å². The predicted molar refractivity (Wildman–Crippen MR) is 75.4 cm³/mol. The molecule has 0 saturated heterocycles. The van der Waals surface area contributed by atoms with Gasteiger partial charge in [-0.25, -0.2) is 4.68 Å². The number of thioether (sulfide) groups is 1. The van der Waals surface area contributed by atoms with Crippen molar-refractivity contribution in [2.24, 2.45) is 0 Å². The number of aromatic nitrogens is 4. The van der Waals surface area contributed by atoms with Crippen LogP contribution in [0.2, 0.25) is 0 Å². The lowest BCUT2D eigenvalue weighted by molar-refractivity contribution is -0.113. The zero-order valence-corrected chi connectivity index (χ0v) is 11.8. The van der Waals surface area contributed by atoms with Crippen molar-refractivity contribution in [3.63, 3.8) is 0 Å². The number of nitrogens with one attached hydrogen (secondary N) is 1. The second kappa shape index (κ2) is 7.01. The molecule has 0 atom stereocenters. The minimum atomic E-state index is -0.127. The first-order valence-corrected chi connectivity index (χ1v) is 7.04. The molecule has 1 aromatic carbocycles. The Bertz CT molecular complexity index is 569. The van der Waals surface area contributed by atoms with Crippen LogP contribution in [-0.2, 0) is 11.3 Å². The van der Waals surface area contributed by atoms with Gasteiger partial charge < -0.3 is 10.4 Å². The van der Waals surface area contributed by atoms with Crippen molar-refractivity contribution >= 4 is 23.4 Å². The third-order valence-corrected chi connectivity index (χ3v) is 3.44. The van der Waals surface area contributed by atoms with E-state index < -0.39 is 0 Å². The number of benzene rings is 1. The number of nitrogens with zero attached hydrogens (tertiary/aromatic N) is 4. The summed E-state index contributed by atoms with van der Waals surface area (Å²) in [6.45, 7) is 2.26. The van der Waals surface area contributed by atoms with Crippen LogP contribution >= 0.6 is 11.8 Å². The maximum atomic E-state index is 11.8. The van der Waals surface area contributed by atoms with Gasteiger partial charge in [0.2, 0.25) is 11.1 Å². The lowest BCUT2D eigenvalue weighted by Gasteiger charge is -2.05. The maximum absolute atomic E-state index is 11.8. The van der Waals surface area contributed by atoms with Crippen LogP contribution in [0.3, 0.4) is 0 Å². The molecule has 0 spiro atoms. The Morgan fingerprint density at radius 2 is 2.15 bits per heavy atom. The Morgan fingerprint density at radius 1 is 1.40 bits per heavy atom. The molecular formula is C12H15N5O2S. The molecule has 0 aliphatic rings. The predicted octanol–water partition coefficient (Wildman–Crippen LogP) is 0.705. The molecule has 1 amide bonds. The molecule has 2 aromatic rings. The number of hydrogen-bond donors (Lipinski definition) is 2. The molecular weight excluding hydrogens is 278 g/mol. The topological polar surface area (TPSA) is 92.9 Å². The number of aliphatic hydroxyl groups is 1. The number of tetrazole rings is 1. The number of carbonyl (C=O) groups excluding carboxylic acids is 1. The van der Waals surface area contributed by atoms with Gasteiger partial charge in [0.05, 0.1) is 18.9 Å². The second-order valence-electron chi connectivity index (χ2n) is 4.11. The van der Waals surface area contributed by atoms with Crippen LogP contribution in [0.1, 0.15) is 5.56 Å². The maximum Gasteiger partial charge on any atom is 0.234 e. The summed E-state index contributed by atoms with van der Waals surface area (Å²) in [6, 6.07) is 7.58. The third kappa shape index (κ3) is 4.04. The summed E-state index contributed by atoms with van der Waals surface area (Å²) in [7, 11) is 0. The molecule has 106 valence electrons. The van der Waals surface area contributed by atoms with Crippen LogP contribution < -0.4 is 5.32 Å². The van der Waals surface area contributed by atoms with E-state index in [2.05, 4.69) is 20.8 Å². The van der Waals surface area contributed by atoms with Gasteiger partial charge in [-0.3, -0.25) is 4.79 Å². The lowest BCUT2D eigenvalue weighted by atomic mass is 10.2. The van der Waals surface area contributed by atoms with Crippen LogP contribution in [0.4, 0.5) is 5.69 Å². The van der Waals surface area contributed by atoms with Crippen LogP contribution in [0.5, 0.6) is 0 Å². The van der Waals surface area contributed by atoms with Crippen molar-refractivity contribution in [2.75, 3.05) is 17.7 Å². The van der Waals surface area contributed by atoms with Gasteiger partial charge in [-0.1, -0.05) is 29.5 Å². The number of aliphatic hydroxyl groups excluding tert-OH is 1. The van der Waals surface area contributed by atoms with E-state index in [1.165, 1.54) is 16.4 Å². The molecule has 0 aliphatic heterocycles. The van der Waals surface area contributed by atoms with Crippen LogP contribution in [0, 0.1) is 6.92 Å². The Labute approximate surface area is 120 Å². The van der Waals surface area contributed by atoms with Gasteiger partial charge >= 0.3 is 0 Å². The summed E-state index contributed by atoms with van der Waals surface area (Å²) in [5.74, 6) is 0.0806. The van der Waals surface area contributed by atoms with Crippen molar-refractivity contribution in [1.29, 1.82) is 0 Å². The van der Waals surface area contributed by atoms with Gasteiger partial charge in [-0.15, -0.1) is 5.10 Å². The average Bonchev–Trinajstić information content (AvgIpc) is 2.87. The normalized spacial score (nSPS) is 10.5. The number of hydrogen-bond acceptors (Lipinski definition) is 6. The van der Waals surface area contributed by atoms with E-state index >= 15 is 0 Å². The van der Waals surface area contributed by atoms with Crippen LogP contribution in [0.15, 0.2) is 29.4 Å². The van der Waals surface area contributed by atoms with Crippen molar-refractivity contribution in [3.8, 4) is 0 Å². The molecule has 0 unspecified atom stereocenters. The van der Waals surface area contributed by atoms with Crippen molar-refractivity contribution < 1.29 is 9.90 Å². The Hall–Kier alpha value is -1.93. The fraction of sp³-hybridized carbons (Fsp3) is 0.333. The van der Waals surface area contributed by atoms with E-state index in [0.717, 1.165) is 11.3 Å². The summed E-state index contributed by atoms with van der Waals surface area (Å²) < 4.78 is 1.46. The molecule has 8 heteroatoms. The SMILES string of the molecule is Cc1ccc(NC(=O)CSc2nnnn2CCO)cc1. The fourth-order valence-corrected chi connectivity index (χ4v) is 2.20. The first-order chi connectivity index (χ1) is 9.69. The number of rotatable bonds is 6. The zero-order chi connectivity index (χ0) is 14.4. The van der Waals surface area contributed by atoms with Crippen molar-refractivity contribution in [2.45, 2.75) is 18.6 Å². The molecule has 2 N–H and O–H groups in total. The van der Waals surface area contributed by atoms with Crippen molar-refractivity contribution in [1.82, 2.24) is 20.2 Å². The van der Waals surface area contributed by atoms with E-state index in [1.54, 1.807) is 0 Å². The van der Waals surface area contributed by atoms with Crippen LogP contribution in [-0.4, -0.2) is 43.6 Å². The smallest absolute Gasteiger partial charge is 0.234 e. The highest BCUT2D eigenvalue weighted by molar-refractivity contribution is 7.99. The quantitative estimate of drug-likeness (QED) is 0.762. The fourth-order valence-electron chi connectivity index (χ4n) is 1.50. The van der Waals surface area contributed by atoms with Crippen LogP contribution in [0.25, 0.3) is 0 Å². The van der Waals surface area contributed by atoms with Gasteiger partial charge in [-0.2, -0.15) is 0 Å². The molecule has 7 nitrogen and oxygen atoms in total. The number of amides is 1. The molecule has 2 rings (SSSR count). The van der Waals surface area contributed by atoms with Gasteiger partial charge in [0.1, 0.15) is 0 Å². The van der Waals surface area contributed by atoms with E-state index in [1.807, 2.05) is 31.2 Å². The standard InChI is InChI=1S/C12H15N5O2S/c1-9-2-4-10(5-3-9)13-11(19)8-20-12-14-15-16-17(12)6-7-18/h2-5,18H,6-8H2,1H3,(H,13,19). The highest BCUT2D eigenvalue weighted by atomic mass is 32.2. The van der Waals surface area contributed by atoms with Gasteiger partial charge in [-0.05, 0) is 29.5 Å². The highest BCUT2D eigenvalue weighted by Crippen LogP contribution is 2.14. The monoisotopic (exact) mass is 293 g/mol. The molecule has 1 heterocycles. The summed E-state index contributed by atoms with van der Waals surface area (Å²) in [6.07, 6.45) is 0. The summed E-state index contributed by atoms with van der Waals surface area (Å²) >= 11 is 1.23. The van der Waals surface area contributed by atoms with Gasteiger partial charge in [0, 0.05) is 5.69 Å². The molecule has 20 heavy (non-hydrogen) atoms. The average molecular weight is 293 g/mol. The van der Waals surface area contributed by atoms with E-state index in [9.17, 15) is 4.79 Å².